The van der Waals surface area contributed by atoms with Crippen molar-refractivity contribution in [3.05, 3.63) is 52.5 Å². The van der Waals surface area contributed by atoms with Crippen LogP contribution in [0.5, 0.6) is 0 Å². The fourth-order valence-electron chi connectivity index (χ4n) is 3.45. The molecule has 0 fully saturated rings. The van der Waals surface area contributed by atoms with Gasteiger partial charge in [-0.05, 0) is 61.7 Å². The number of anilines is 2. The molecule has 130 valence electrons. The fraction of sp³-hybridized carbons (Fsp3) is 0.278. The minimum absolute atomic E-state index is 0.129. The summed E-state index contributed by atoms with van der Waals surface area (Å²) in [5.41, 5.74) is 2.09. The Balaban J connectivity index is 1.81. The van der Waals surface area contributed by atoms with Crippen molar-refractivity contribution >= 4 is 38.9 Å². The lowest BCUT2D eigenvalue weighted by Gasteiger charge is -2.21. The van der Waals surface area contributed by atoms with Crippen LogP contribution in [0.4, 0.5) is 11.4 Å². The number of carbonyl (C=O) groups excluding carboxylic acids is 1. The molecule has 0 atom stereocenters. The molecule has 25 heavy (non-hydrogen) atoms. The molecule has 1 N–H and O–H groups in total. The number of hydrogen-bond donors (Lipinski definition) is 1. The molecule has 5 nitrogen and oxygen atoms in total. The quantitative estimate of drug-likeness (QED) is 0.874. The van der Waals surface area contributed by atoms with Gasteiger partial charge in [0.15, 0.2) is 0 Å². The molecule has 0 aromatic heterocycles. The van der Waals surface area contributed by atoms with Crippen molar-refractivity contribution in [3.8, 4) is 0 Å². The Hall–Kier alpha value is -2.05. The fourth-order valence-corrected chi connectivity index (χ4v) is 5.24. The van der Waals surface area contributed by atoms with Crippen LogP contribution in [0.1, 0.15) is 25.0 Å². The third kappa shape index (κ3) is 2.28. The van der Waals surface area contributed by atoms with Gasteiger partial charge in [-0.2, -0.15) is 0 Å². The van der Waals surface area contributed by atoms with E-state index in [1.807, 2.05) is 0 Å². The highest BCUT2D eigenvalue weighted by atomic mass is 35.5. The second kappa shape index (κ2) is 5.22. The Labute approximate surface area is 151 Å². The number of rotatable bonds is 2. The molecule has 1 amide bonds. The summed E-state index contributed by atoms with van der Waals surface area (Å²) in [5.74, 6) is -0.129. The second-order valence-corrected chi connectivity index (χ2v) is 9.12. The number of sulfonamides is 1. The molecule has 0 aliphatic carbocycles. The van der Waals surface area contributed by atoms with Gasteiger partial charge in [-0.25, -0.2) is 8.42 Å². The average Bonchev–Trinajstić information content (AvgIpc) is 3.09. The zero-order valence-electron chi connectivity index (χ0n) is 13.8. The number of benzene rings is 2. The minimum Gasteiger partial charge on any atom is -0.325 e. The summed E-state index contributed by atoms with van der Waals surface area (Å²) in [6.45, 7) is 3.93. The second-order valence-electron chi connectivity index (χ2n) is 6.85. The van der Waals surface area contributed by atoms with E-state index in [9.17, 15) is 13.2 Å². The van der Waals surface area contributed by atoms with E-state index in [1.165, 1.54) is 4.31 Å². The van der Waals surface area contributed by atoms with Crippen LogP contribution in [0.2, 0.25) is 5.02 Å². The Bertz CT molecular complexity index is 1010. The maximum atomic E-state index is 13.2. The number of nitrogens with one attached hydrogen (secondary N) is 1. The van der Waals surface area contributed by atoms with E-state index >= 15 is 0 Å². The van der Waals surface area contributed by atoms with Crippen LogP contribution in [-0.4, -0.2) is 20.9 Å². The molecule has 0 bridgehead atoms. The topological polar surface area (TPSA) is 66.5 Å². The molecule has 0 saturated heterocycles. The van der Waals surface area contributed by atoms with Crippen molar-refractivity contribution < 1.29 is 13.2 Å². The predicted octanol–water partition coefficient (Wildman–Crippen LogP) is 3.32. The standard InChI is InChI=1S/C18H17ClN2O3S/c1-18(2)13-10-11(6-7-15(13)20-17(18)22)25(23,24)21-9-8-12-14(19)4-3-5-16(12)21/h3-7,10H,8-9H2,1-2H3,(H,20,22). The number of nitrogens with zero attached hydrogens (tertiary/aromatic N) is 1. The van der Waals surface area contributed by atoms with Crippen molar-refractivity contribution in [2.75, 3.05) is 16.2 Å². The summed E-state index contributed by atoms with van der Waals surface area (Å²) in [7, 11) is -3.72. The van der Waals surface area contributed by atoms with Crippen LogP contribution < -0.4 is 9.62 Å². The number of hydrogen-bond acceptors (Lipinski definition) is 3. The van der Waals surface area contributed by atoms with Crippen LogP contribution >= 0.6 is 11.6 Å². The van der Waals surface area contributed by atoms with Gasteiger partial charge in [0.2, 0.25) is 5.91 Å². The summed E-state index contributed by atoms with van der Waals surface area (Å²) in [6.07, 6.45) is 0.588. The van der Waals surface area contributed by atoms with Crippen LogP contribution in [0.25, 0.3) is 0 Å². The average molecular weight is 377 g/mol. The van der Waals surface area contributed by atoms with E-state index in [0.29, 0.717) is 34.9 Å². The summed E-state index contributed by atoms with van der Waals surface area (Å²) >= 11 is 6.19. The molecule has 0 spiro atoms. The summed E-state index contributed by atoms with van der Waals surface area (Å²) in [5, 5.41) is 3.38. The first kappa shape index (κ1) is 16.4. The largest absolute Gasteiger partial charge is 0.325 e. The summed E-state index contributed by atoms with van der Waals surface area (Å²) < 4.78 is 27.8. The molecule has 2 heterocycles. The zero-order valence-corrected chi connectivity index (χ0v) is 15.4. The number of fused-ring (bicyclic) bond motifs is 2. The molecule has 7 heteroatoms. The summed E-state index contributed by atoms with van der Waals surface area (Å²) in [4.78, 5) is 12.3. The minimum atomic E-state index is -3.72. The Kier molecular flexibility index (Phi) is 3.43. The van der Waals surface area contributed by atoms with E-state index in [2.05, 4.69) is 5.32 Å². The lowest BCUT2D eigenvalue weighted by atomic mass is 9.86. The van der Waals surface area contributed by atoms with Crippen molar-refractivity contribution in [3.63, 3.8) is 0 Å². The molecule has 2 aliphatic rings. The molecule has 0 unspecified atom stereocenters. The zero-order chi connectivity index (χ0) is 18.0. The van der Waals surface area contributed by atoms with Crippen LogP contribution in [0.15, 0.2) is 41.3 Å². The van der Waals surface area contributed by atoms with Crippen molar-refractivity contribution in [1.29, 1.82) is 0 Å². The first-order chi connectivity index (χ1) is 11.7. The van der Waals surface area contributed by atoms with Crippen LogP contribution in [0, 0.1) is 0 Å². The first-order valence-corrected chi connectivity index (χ1v) is 9.81. The van der Waals surface area contributed by atoms with Gasteiger partial charge >= 0.3 is 0 Å². The normalized spacial score (nSPS) is 18.0. The van der Waals surface area contributed by atoms with Crippen LogP contribution in [0.3, 0.4) is 0 Å². The number of amides is 1. The van der Waals surface area contributed by atoms with E-state index in [4.69, 9.17) is 11.6 Å². The van der Waals surface area contributed by atoms with Crippen molar-refractivity contribution in [2.45, 2.75) is 30.6 Å². The molecule has 2 aliphatic heterocycles. The van der Waals surface area contributed by atoms with E-state index in [-0.39, 0.29) is 10.8 Å². The van der Waals surface area contributed by atoms with Crippen molar-refractivity contribution in [1.82, 2.24) is 0 Å². The molecule has 0 radical (unpaired) electrons. The van der Waals surface area contributed by atoms with Gasteiger partial charge in [0.05, 0.1) is 16.0 Å². The Morgan fingerprint density at radius 3 is 2.72 bits per heavy atom. The van der Waals surface area contributed by atoms with E-state index in [0.717, 1.165) is 5.56 Å². The lowest BCUT2D eigenvalue weighted by molar-refractivity contribution is -0.119. The van der Waals surface area contributed by atoms with Gasteiger partial charge in [-0.3, -0.25) is 9.10 Å². The maximum absolute atomic E-state index is 13.2. The SMILES string of the molecule is CC1(C)C(=O)Nc2ccc(S(=O)(=O)N3CCc4c(Cl)cccc43)cc21. The van der Waals surface area contributed by atoms with Gasteiger partial charge < -0.3 is 5.32 Å². The van der Waals surface area contributed by atoms with E-state index < -0.39 is 15.4 Å². The predicted molar refractivity (Wildman–Crippen MR) is 97.8 cm³/mol. The molecule has 2 aromatic rings. The molecular weight excluding hydrogens is 360 g/mol. The molecule has 0 saturated carbocycles. The highest BCUT2D eigenvalue weighted by molar-refractivity contribution is 7.92. The third-order valence-electron chi connectivity index (χ3n) is 5.00. The van der Waals surface area contributed by atoms with Gasteiger partial charge in [-0.15, -0.1) is 0 Å². The number of carbonyl (C=O) groups is 1. The van der Waals surface area contributed by atoms with Gasteiger partial charge in [-0.1, -0.05) is 17.7 Å². The molecule has 4 rings (SSSR count). The maximum Gasteiger partial charge on any atom is 0.264 e. The highest BCUT2D eigenvalue weighted by Gasteiger charge is 2.40. The van der Waals surface area contributed by atoms with E-state index in [1.54, 1.807) is 50.2 Å². The molecule has 2 aromatic carbocycles. The van der Waals surface area contributed by atoms with Gasteiger partial charge in [0.1, 0.15) is 0 Å². The van der Waals surface area contributed by atoms with Gasteiger partial charge in [0.25, 0.3) is 10.0 Å². The Morgan fingerprint density at radius 2 is 1.96 bits per heavy atom. The summed E-state index contributed by atoms with van der Waals surface area (Å²) in [6, 6.07) is 10.1. The highest BCUT2D eigenvalue weighted by Crippen LogP contribution is 2.41. The monoisotopic (exact) mass is 376 g/mol. The molecular formula is C18H17ClN2O3S. The first-order valence-electron chi connectivity index (χ1n) is 7.99. The Morgan fingerprint density at radius 1 is 1.20 bits per heavy atom. The number of halogens is 1. The third-order valence-corrected chi connectivity index (χ3v) is 7.16. The lowest BCUT2D eigenvalue weighted by Crippen LogP contribution is -2.30. The van der Waals surface area contributed by atoms with Gasteiger partial charge in [0, 0.05) is 17.3 Å². The van der Waals surface area contributed by atoms with Crippen molar-refractivity contribution in [2.24, 2.45) is 0 Å². The smallest absolute Gasteiger partial charge is 0.264 e. The van der Waals surface area contributed by atoms with Crippen LogP contribution in [-0.2, 0) is 26.7 Å².